The number of hydrogen-bond acceptors (Lipinski definition) is 5. The number of methoxy groups -OCH3 is 1. The fourth-order valence-corrected chi connectivity index (χ4v) is 4.86. The molecule has 1 aliphatic rings. The summed E-state index contributed by atoms with van der Waals surface area (Å²) in [5.41, 5.74) is 1.95. The molecule has 4 rings (SSSR count). The van der Waals surface area contributed by atoms with Crippen LogP contribution in [-0.2, 0) is 11.4 Å². The van der Waals surface area contributed by atoms with E-state index < -0.39 is 5.91 Å². The number of benzene rings is 3. The highest BCUT2D eigenvalue weighted by atomic mass is 79.9. The maximum atomic E-state index is 12.9. The van der Waals surface area contributed by atoms with Gasteiger partial charge in [-0.1, -0.05) is 56.8 Å². The molecule has 0 atom stereocenters. The standard InChI is InChI=1S/C24H15BrCl3NO4S/c1-32-20-9-14(17(25)11-21(20)33-12-13-2-7-18(27)19(28)8-13)10-22-23(30)29(24(31)34-22)16-5-3-15(26)4-6-16/h2-11H,12H2,1H3/b22-10+. The van der Waals surface area contributed by atoms with E-state index in [9.17, 15) is 9.59 Å². The van der Waals surface area contributed by atoms with Gasteiger partial charge in [-0.2, -0.15) is 0 Å². The first-order valence-corrected chi connectivity index (χ1v) is 12.5. The summed E-state index contributed by atoms with van der Waals surface area (Å²) in [5.74, 6) is 0.543. The number of hydrogen-bond donors (Lipinski definition) is 0. The molecule has 34 heavy (non-hydrogen) atoms. The molecule has 1 fully saturated rings. The average molecular weight is 600 g/mol. The maximum Gasteiger partial charge on any atom is 0.298 e. The van der Waals surface area contributed by atoms with Gasteiger partial charge in [0, 0.05) is 9.50 Å². The zero-order valence-electron chi connectivity index (χ0n) is 17.5. The molecular weight excluding hydrogens is 585 g/mol. The Morgan fingerprint density at radius 3 is 2.38 bits per heavy atom. The molecule has 1 saturated heterocycles. The van der Waals surface area contributed by atoms with E-state index in [4.69, 9.17) is 44.3 Å². The fourth-order valence-electron chi connectivity index (χ4n) is 3.15. The number of ether oxygens (including phenoxy) is 2. The maximum absolute atomic E-state index is 12.9. The highest BCUT2D eigenvalue weighted by Gasteiger charge is 2.36. The molecule has 10 heteroatoms. The Labute approximate surface area is 223 Å². The van der Waals surface area contributed by atoms with Gasteiger partial charge < -0.3 is 9.47 Å². The van der Waals surface area contributed by atoms with E-state index in [-0.39, 0.29) is 16.8 Å². The first-order chi connectivity index (χ1) is 16.3. The van der Waals surface area contributed by atoms with Crippen LogP contribution in [0.4, 0.5) is 10.5 Å². The molecule has 0 bridgehead atoms. The summed E-state index contributed by atoms with van der Waals surface area (Å²) in [6.45, 7) is 0.249. The van der Waals surface area contributed by atoms with Crippen molar-refractivity contribution in [1.82, 2.24) is 0 Å². The number of imide groups is 1. The molecule has 0 saturated carbocycles. The van der Waals surface area contributed by atoms with Crippen molar-refractivity contribution >= 4 is 85.4 Å². The van der Waals surface area contributed by atoms with Crippen LogP contribution in [0.1, 0.15) is 11.1 Å². The Bertz CT molecular complexity index is 1310. The fraction of sp³-hybridized carbons (Fsp3) is 0.0833. The van der Waals surface area contributed by atoms with Crippen LogP contribution in [-0.4, -0.2) is 18.3 Å². The van der Waals surface area contributed by atoms with Crippen LogP contribution < -0.4 is 14.4 Å². The summed E-state index contributed by atoms with van der Waals surface area (Å²) < 4.78 is 12.1. The van der Waals surface area contributed by atoms with Crippen LogP contribution in [0.15, 0.2) is 64.0 Å². The summed E-state index contributed by atoms with van der Waals surface area (Å²) in [7, 11) is 1.52. The van der Waals surface area contributed by atoms with Gasteiger partial charge >= 0.3 is 0 Å². The molecular formula is C24H15BrCl3NO4S. The minimum atomic E-state index is -0.414. The minimum absolute atomic E-state index is 0.249. The van der Waals surface area contributed by atoms with Crippen molar-refractivity contribution < 1.29 is 19.1 Å². The van der Waals surface area contributed by atoms with E-state index in [0.29, 0.717) is 42.3 Å². The molecule has 0 aromatic heterocycles. The van der Waals surface area contributed by atoms with Crippen molar-refractivity contribution in [2.24, 2.45) is 0 Å². The normalized spacial score (nSPS) is 14.7. The van der Waals surface area contributed by atoms with Crippen molar-refractivity contribution in [2.45, 2.75) is 6.61 Å². The van der Waals surface area contributed by atoms with Crippen LogP contribution in [0.5, 0.6) is 11.5 Å². The van der Waals surface area contributed by atoms with E-state index >= 15 is 0 Å². The summed E-state index contributed by atoms with van der Waals surface area (Å²) in [6.07, 6.45) is 1.64. The van der Waals surface area contributed by atoms with Crippen molar-refractivity contribution in [3.05, 3.63) is 90.2 Å². The molecule has 3 aromatic rings. The lowest BCUT2D eigenvalue weighted by Crippen LogP contribution is -2.27. The van der Waals surface area contributed by atoms with Crippen LogP contribution >= 0.6 is 62.5 Å². The summed E-state index contributed by atoms with van der Waals surface area (Å²) >= 11 is 22.3. The molecule has 174 valence electrons. The molecule has 5 nitrogen and oxygen atoms in total. The summed E-state index contributed by atoms with van der Waals surface area (Å²) in [4.78, 5) is 26.9. The lowest BCUT2D eigenvalue weighted by Gasteiger charge is -2.14. The molecule has 0 unspecified atom stereocenters. The predicted molar refractivity (Wildman–Crippen MR) is 141 cm³/mol. The van der Waals surface area contributed by atoms with Gasteiger partial charge in [-0.15, -0.1) is 0 Å². The Balaban J connectivity index is 1.57. The highest BCUT2D eigenvalue weighted by Crippen LogP contribution is 2.40. The topological polar surface area (TPSA) is 55.8 Å². The first kappa shape index (κ1) is 24.9. The van der Waals surface area contributed by atoms with Crippen LogP contribution in [0.3, 0.4) is 0 Å². The number of amides is 2. The van der Waals surface area contributed by atoms with E-state index in [1.54, 1.807) is 54.6 Å². The molecule has 1 heterocycles. The monoisotopic (exact) mass is 597 g/mol. The Kier molecular flexibility index (Phi) is 7.80. The summed E-state index contributed by atoms with van der Waals surface area (Å²) in [5, 5.41) is 1.04. The van der Waals surface area contributed by atoms with E-state index in [1.165, 1.54) is 7.11 Å². The molecule has 0 spiro atoms. The second-order valence-electron chi connectivity index (χ2n) is 7.06. The van der Waals surface area contributed by atoms with Gasteiger partial charge in [0.1, 0.15) is 6.61 Å². The zero-order chi connectivity index (χ0) is 24.4. The largest absolute Gasteiger partial charge is 0.493 e. The van der Waals surface area contributed by atoms with Crippen molar-refractivity contribution in [3.63, 3.8) is 0 Å². The minimum Gasteiger partial charge on any atom is -0.493 e. The highest BCUT2D eigenvalue weighted by molar-refractivity contribution is 9.10. The van der Waals surface area contributed by atoms with E-state index in [0.717, 1.165) is 22.2 Å². The third-order valence-electron chi connectivity index (χ3n) is 4.83. The lowest BCUT2D eigenvalue weighted by atomic mass is 10.1. The van der Waals surface area contributed by atoms with Gasteiger partial charge in [-0.25, -0.2) is 4.90 Å². The number of carbonyl (C=O) groups is 2. The smallest absolute Gasteiger partial charge is 0.298 e. The van der Waals surface area contributed by atoms with Crippen LogP contribution in [0.25, 0.3) is 6.08 Å². The van der Waals surface area contributed by atoms with Gasteiger partial charge in [-0.3, -0.25) is 9.59 Å². The van der Waals surface area contributed by atoms with Gasteiger partial charge in [0.25, 0.3) is 11.1 Å². The average Bonchev–Trinajstić information content (AvgIpc) is 3.09. The van der Waals surface area contributed by atoms with Crippen molar-refractivity contribution in [1.29, 1.82) is 0 Å². The number of anilines is 1. The number of rotatable bonds is 6. The molecule has 3 aromatic carbocycles. The van der Waals surface area contributed by atoms with E-state index in [2.05, 4.69) is 15.9 Å². The predicted octanol–water partition coefficient (Wildman–Crippen LogP) is 8.24. The third kappa shape index (κ3) is 5.39. The first-order valence-electron chi connectivity index (χ1n) is 9.74. The third-order valence-corrected chi connectivity index (χ3v) is 7.37. The number of carbonyl (C=O) groups excluding carboxylic acids is 2. The molecule has 0 aliphatic carbocycles. The van der Waals surface area contributed by atoms with Gasteiger partial charge in [0.2, 0.25) is 0 Å². The Morgan fingerprint density at radius 1 is 0.971 bits per heavy atom. The summed E-state index contributed by atoms with van der Waals surface area (Å²) in [6, 6.07) is 15.2. The van der Waals surface area contributed by atoms with Gasteiger partial charge in [0.05, 0.1) is 27.7 Å². The molecule has 2 amide bonds. The van der Waals surface area contributed by atoms with Crippen LogP contribution in [0, 0.1) is 0 Å². The van der Waals surface area contributed by atoms with Gasteiger partial charge in [-0.05, 0) is 77.5 Å². The zero-order valence-corrected chi connectivity index (χ0v) is 22.2. The Morgan fingerprint density at radius 2 is 1.71 bits per heavy atom. The second-order valence-corrected chi connectivity index (χ2v) is 10.2. The van der Waals surface area contributed by atoms with Crippen molar-refractivity contribution in [3.8, 4) is 11.5 Å². The molecule has 0 N–H and O–H groups in total. The van der Waals surface area contributed by atoms with E-state index in [1.807, 2.05) is 6.07 Å². The number of nitrogens with zero attached hydrogens (tertiary/aromatic N) is 1. The SMILES string of the molecule is COc1cc(/C=C2/SC(=O)N(c3ccc(Cl)cc3)C2=O)c(Br)cc1OCc1ccc(Cl)c(Cl)c1. The van der Waals surface area contributed by atoms with Crippen LogP contribution in [0.2, 0.25) is 15.1 Å². The van der Waals surface area contributed by atoms with Gasteiger partial charge in [0.15, 0.2) is 11.5 Å². The molecule has 1 aliphatic heterocycles. The molecule has 0 radical (unpaired) electrons. The Hall–Kier alpha value is -2.16. The lowest BCUT2D eigenvalue weighted by molar-refractivity contribution is -0.113. The number of thioether (sulfide) groups is 1. The van der Waals surface area contributed by atoms with Crippen molar-refractivity contribution in [2.75, 3.05) is 12.0 Å². The number of halogens is 4. The second kappa shape index (κ2) is 10.6. The quantitative estimate of drug-likeness (QED) is 0.267.